The van der Waals surface area contributed by atoms with Crippen LogP contribution in [0.1, 0.15) is 20.3 Å². The normalized spacial score (nSPS) is 25.8. The maximum absolute atomic E-state index is 12.1. The van der Waals surface area contributed by atoms with E-state index in [-0.39, 0.29) is 11.3 Å². The minimum absolute atomic E-state index is 0.183. The van der Waals surface area contributed by atoms with Gasteiger partial charge in [0, 0.05) is 13.1 Å². The number of carbonyl (C=O) groups is 1. The van der Waals surface area contributed by atoms with Crippen LogP contribution in [-0.2, 0) is 4.79 Å². The van der Waals surface area contributed by atoms with Gasteiger partial charge in [0.15, 0.2) is 0 Å². The van der Waals surface area contributed by atoms with E-state index in [1.807, 2.05) is 13.8 Å². The second-order valence-corrected chi connectivity index (χ2v) is 4.01. The summed E-state index contributed by atoms with van der Waals surface area (Å²) in [6.07, 6.45) is 6.13. The minimum atomic E-state index is -0.243. The van der Waals surface area contributed by atoms with Crippen molar-refractivity contribution in [2.24, 2.45) is 5.41 Å². The zero-order valence-corrected chi connectivity index (χ0v) is 8.97. The van der Waals surface area contributed by atoms with Crippen LogP contribution in [0.5, 0.6) is 0 Å². The van der Waals surface area contributed by atoms with Crippen LogP contribution in [-0.4, -0.2) is 37.0 Å². The van der Waals surface area contributed by atoms with Gasteiger partial charge >= 0.3 is 0 Å². The predicted octanol–water partition coefficient (Wildman–Crippen LogP) is 0.468. The number of nitrogens with zero attached hydrogens (tertiary/aromatic N) is 1. The summed E-state index contributed by atoms with van der Waals surface area (Å²) in [5.74, 6) is 2.71. The Morgan fingerprint density at radius 3 is 2.86 bits per heavy atom. The summed E-state index contributed by atoms with van der Waals surface area (Å²) in [5.41, 5.74) is -0.243. The van der Waals surface area contributed by atoms with E-state index in [4.69, 9.17) is 6.42 Å². The van der Waals surface area contributed by atoms with Gasteiger partial charge in [0.05, 0.1) is 12.0 Å². The molecule has 3 nitrogen and oxygen atoms in total. The molecule has 1 saturated heterocycles. The molecule has 78 valence electrons. The molecule has 0 aliphatic carbocycles. The topological polar surface area (TPSA) is 32.3 Å². The van der Waals surface area contributed by atoms with Crippen molar-refractivity contribution in [1.82, 2.24) is 10.2 Å². The van der Waals surface area contributed by atoms with Crippen molar-refractivity contribution in [2.45, 2.75) is 20.3 Å². The molecule has 1 aliphatic heterocycles. The van der Waals surface area contributed by atoms with E-state index in [0.717, 1.165) is 19.5 Å². The molecule has 0 bridgehead atoms. The van der Waals surface area contributed by atoms with Crippen molar-refractivity contribution in [3.05, 3.63) is 0 Å². The highest BCUT2D eigenvalue weighted by Gasteiger charge is 2.38. The van der Waals surface area contributed by atoms with E-state index in [2.05, 4.69) is 11.2 Å². The monoisotopic (exact) mass is 194 g/mol. The fraction of sp³-hybridized carbons (Fsp3) is 0.727. The quantitative estimate of drug-likeness (QED) is 0.662. The molecule has 1 atom stereocenters. The van der Waals surface area contributed by atoms with Crippen LogP contribution < -0.4 is 5.32 Å². The van der Waals surface area contributed by atoms with Crippen molar-refractivity contribution in [3.8, 4) is 12.3 Å². The maximum atomic E-state index is 12.1. The molecule has 1 heterocycles. The Hall–Kier alpha value is -1.01. The Kier molecular flexibility index (Phi) is 3.54. The first kappa shape index (κ1) is 11.1. The van der Waals surface area contributed by atoms with Gasteiger partial charge in [0.1, 0.15) is 0 Å². The second-order valence-electron chi connectivity index (χ2n) is 4.01. The third-order valence-electron chi connectivity index (χ3n) is 2.84. The van der Waals surface area contributed by atoms with Crippen LogP contribution in [0.3, 0.4) is 0 Å². The molecular formula is C11H18N2O. The third-order valence-corrected chi connectivity index (χ3v) is 2.84. The first-order valence-electron chi connectivity index (χ1n) is 5.07. The lowest BCUT2D eigenvalue weighted by Crippen LogP contribution is -2.43. The zero-order valence-electron chi connectivity index (χ0n) is 8.97. The van der Waals surface area contributed by atoms with E-state index in [9.17, 15) is 4.79 Å². The van der Waals surface area contributed by atoms with Gasteiger partial charge in [-0.25, -0.2) is 0 Å². The molecule has 1 aliphatic rings. The van der Waals surface area contributed by atoms with Gasteiger partial charge in [-0.2, -0.15) is 0 Å². The Balaban J connectivity index is 2.67. The highest BCUT2D eigenvalue weighted by molar-refractivity contribution is 5.83. The molecule has 3 heteroatoms. The first-order chi connectivity index (χ1) is 6.64. The Bertz CT molecular complexity index is 249. The first-order valence-corrected chi connectivity index (χ1v) is 5.07. The summed E-state index contributed by atoms with van der Waals surface area (Å²) in [6.45, 7) is 6.78. The number of carbonyl (C=O) groups excluding carboxylic acids is 1. The molecule has 1 rings (SSSR count). The summed E-state index contributed by atoms with van der Waals surface area (Å²) < 4.78 is 0. The highest BCUT2D eigenvalue weighted by atomic mass is 16.2. The molecule has 0 radical (unpaired) electrons. The number of terminal acetylenes is 1. The molecule has 14 heavy (non-hydrogen) atoms. The van der Waals surface area contributed by atoms with Gasteiger partial charge in [-0.1, -0.05) is 5.92 Å². The number of hydrogen-bond acceptors (Lipinski definition) is 2. The van der Waals surface area contributed by atoms with Crippen molar-refractivity contribution < 1.29 is 4.79 Å². The summed E-state index contributed by atoms with van der Waals surface area (Å²) in [4.78, 5) is 13.8. The van der Waals surface area contributed by atoms with Crippen LogP contribution in [0.4, 0.5) is 0 Å². The average molecular weight is 194 g/mol. The van der Waals surface area contributed by atoms with Gasteiger partial charge in [-0.05, 0) is 26.8 Å². The number of rotatable bonds is 3. The van der Waals surface area contributed by atoms with Gasteiger partial charge in [0.2, 0.25) is 5.91 Å². The van der Waals surface area contributed by atoms with Crippen molar-refractivity contribution in [1.29, 1.82) is 0 Å². The van der Waals surface area contributed by atoms with Crippen molar-refractivity contribution in [2.75, 3.05) is 26.2 Å². The molecule has 0 spiro atoms. The molecular weight excluding hydrogens is 176 g/mol. The summed E-state index contributed by atoms with van der Waals surface area (Å²) >= 11 is 0. The lowest BCUT2D eigenvalue weighted by atomic mass is 9.88. The summed E-state index contributed by atoms with van der Waals surface area (Å²) in [7, 11) is 0. The fourth-order valence-electron chi connectivity index (χ4n) is 1.82. The van der Waals surface area contributed by atoms with Gasteiger partial charge in [0.25, 0.3) is 0 Å². The average Bonchev–Trinajstić information content (AvgIpc) is 2.62. The zero-order chi connectivity index (χ0) is 10.6. The fourth-order valence-corrected chi connectivity index (χ4v) is 1.82. The maximum Gasteiger partial charge on any atom is 0.230 e. The lowest BCUT2D eigenvalue weighted by Gasteiger charge is -2.29. The number of amides is 1. The predicted molar refractivity (Wildman–Crippen MR) is 56.7 cm³/mol. The molecule has 0 aromatic rings. The molecule has 0 aromatic carbocycles. The smallest absolute Gasteiger partial charge is 0.230 e. The SMILES string of the molecule is C#CCN(CC)C(=O)C1(C)CCNC1. The summed E-state index contributed by atoms with van der Waals surface area (Å²) in [5, 5.41) is 3.22. The number of hydrogen-bond donors (Lipinski definition) is 1. The standard InChI is InChI=1S/C11H18N2O/c1-4-8-13(5-2)10(14)11(3)6-7-12-9-11/h1,12H,5-9H2,2-3H3. The third kappa shape index (κ3) is 2.08. The van der Waals surface area contributed by atoms with Crippen LogP contribution in [0.25, 0.3) is 0 Å². The largest absolute Gasteiger partial charge is 0.331 e. The van der Waals surface area contributed by atoms with E-state index in [1.54, 1.807) is 4.90 Å². The van der Waals surface area contributed by atoms with E-state index < -0.39 is 0 Å². The summed E-state index contributed by atoms with van der Waals surface area (Å²) in [6, 6.07) is 0. The Morgan fingerprint density at radius 1 is 1.71 bits per heavy atom. The number of nitrogens with one attached hydrogen (secondary N) is 1. The molecule has 0 saturated carbocycles. The molecule has 1 amide bonds. The Morgan fingerprint density at radius 2 is 2.43 bits per heavy atom. The van der Waals surface area contributed by atoms with E-state index >= 15 is 0 Å². The van der Waals surface area contributed by atoms with Crippen LogP contribution >= 0.6 is 0 Å². The van der Waals surface area contributed by atoms with Crippen molar-refractivity contribution >= 4 is 5.91 Å². The Labute approximate surface area is 85.9 Å². The van der Waals surface area contributed by atoms with Gasteiger partial charge in [-0.15, -0.1) is 6.42 Å². The van der Waals surface area contributed by atoms with Gasteiger partial charge < -0.3 is 10.2 Å². The minimum Gasteiger partial charge on any atom is -0.331 e. The van der Waals surface area contributed by atoms with Crippen LogP contribution in [0, 0.1) is 17.8 Å². The second kappa shape index (κ2) is 4.47. The van der Waals surface area contributed by atoms with E-state index in [1.165, 1.54) is 0 Å². The molecule has 1 unspecified atom stereocenters. The lowest BCUT2D eigenvalue weighted by molar-refractivity contribution is -0.139. The molecule has 1 N–H and O–H groups in total. The molecule has 0 aromatic heterocycles. The highest BCUT2D eigenvalue weighted by Crippen LogP contribution is 2.26. The van der Waals surface area contributed by atoms with Gasteiger partial charge in [-0.3, -0.25) is 4.79 Å². The van der Waals surface area contributed by atoms with Crippen molar-refractivity contribution in [3.63, 3.8) is 0 Å². The van der Waals surface area contributed by atoms with Crippen LogP contribution in [0.2, 0.25) is 0 Å². The van der Waals surface area contributed by atoms with E-state index in [0.29, 0.717) is 13.1 Å². The molecule has 1 fully saturated rings. The van der Waals surface area contributed by atoms with Crippen LogP contribution in [0.15, 0.2) is 0 Å².